The summed E-state index contributed by atoms with van der Waals surface area (Å²) in [7, 11) is 0. The third-order valence-corrected chi connectivity index (χ3v) is 5.74. The molecule has 2 heteroatoms. The highest BCUT2D eigenvalue weighted by Crippen LogP contribution is 2.43. The van der Waals surface area contributed by atoms with Crippen LogP contribution in [0.5, 0.6) is 0 Å². The molecule has 3 unspecified atom stereocenters. The Hall–Kier alpha value is -0.860. The predicted molar refractivity (Wildman–Crippen MR) is 76.1 cm³/mol. The molecule has 19 heavy (non-hydrogen) atoms. The zero-order valence-corrected chi connectivity index (χ0v) is 11.5. The summed E-state index contributed by atoms with van der Waals surface area (Å²) in [5.41, 5.74) is 2.06. The minimum absolute atomic E-state index is 0.441. The van der Waals surface area contributed by atoms with Crippen LogP contribution in [0.25, 0.3) is 0 Å². The molecule has 0 amide bonds. The van der Waals surface area contributed by atoms with E-state index >= 15 is 0 Å². The Morgan fingerprint density at radius 2 is 1.84 bits per heavy atom. The van der Waals surface area contributed by atoms with E-state index in [4.69, 9.17) is 0 Å². The van der Waals surface area contributed by atoms with Crippen LogP contribution in [0.4, 0.5) is 0 Å². The van der Waals surface area contributed by atoms with Gasteiger partial charge in [0.1, 0.15) is 0 Å². The Bertz CT molecular complexity index is 465. The van der Waals surface area contributed by atoms with Crippen LogP contribution in [-0.4, -0.2) is 29.6 Å². The van der Waals surface area contributed by atoms with Gasteiger partial charge in [0.2, 0.25) is 0 Å². The summed E-state index contributed by atoms with van der Waals surface area (Å²) in [4.78, 5) is 2.49. The van der Waals surface area contributed by atoms with E-state index in [9.17, 15) is 5.11 Å². The Kier molecular flexibility index (Phi) is 2.71. The van der Waals surface area contributed by atoms with E-state index in [1.807, 2.05) is 0 Å². The van der Waals surface area contributed by atoms with Gasteiger partial charge < -0.3 is 10.0 Å². The molecule has 2 nitrogen and oxygen atoms in total. The molecule has 1 aromatic rings. The second-order valence-electron chi connectivity index (χ2n) is 6.71. The quantitative estimate of drug-likeness (QED) is 0.880. The first-order chi connectivity index (χ1) is 9.25. The summed E-state index contributed by atoms with van der Waals surface area (Å²) in [6.07, 6.45) is 6.14. The van der Waals surface area contributed by atoms with E-state index in [2.05, 4.69) is 29.2 Å². The second kappa shape index (κ2) is 4.32. The molecule has 3 atom stereocenters. The lowest BCUT2D eigenvalue weighted by Crippen LogP contribution is -2.44. The molecule has 3 aliphatic rings. The Labute approximate surface area is 115 Å². The fourth-order valence-corrected chi connectivity index (χ4v) is 4.12. The number of piperidine rings is 1. The fraction of sp³-hybridized carbons (Fsp3) is 0.647. The molecule has 102 valence electrons. The lowest BCUT2D eigenvalue weighted by molar-refractivity contribution is -0.0502. The molecule has 1 aromatic carbocycles. The van der Waals surface area contributed by atoms with Gasteiger partial charge in [-0.15, -0.1) is 0 Å². The predicted octanol–water partition coefficient (Wildman–Crippen LogP) is 2.87. The second-order valence-corrected chi connectivity index (χ2v) is 6.71. The van der Waals surface area contributed by atoms with Crippen molar-refractivity contribution in [2.24, 2.45) is 5.92 Å². The first kappa shape index (κ1) is 11.9. The van der Waals surface area contributed by atoms with E-state index in [1.54, 1.807) is 0 Å². The Morgan fingerprint density at radius 1 is 1.05 bits per heavy atom. The van der Waals surface area contributed by atoms with Crippen molar-refractivity contribution in [1.82, 2.24) is 4.90 Å². The van der Waals surface area contributed by atoms with Crippen molar-refractivity contribution in [3.05, 3.63) is 35.4 Å². The maximum Gasteiger partial charge on any atom is 0.0949 e. The van der Waals surface area contributed by atoms with Gasteiger partial charge in [-0.2, -0.15) is 0 Å². The monoisotopic (exact) mass is 257 g/mol. The molecule has 2 heterocycles. The number of benzene rings is 1. The Balaban J connectivity index is 1.60. The number of hydrogen-bond acceptors (Lipinski definition) is 2. The average molecular weight is 257 g/mol. The molecule has 1 N–H and O–H groups in total. The van der Waals surface area contributed by atoms with Gasteiger partial charge in [-0.1, -0.05) is 30.7 Å². The van der Waals surface area contributed by atoms with Crippen molar-refractivity contribution in [2.75, 3.05) is 19.6 Å². The molecule has 0 aromatic heterocycles. The van der Waals surface area contributed by atoms with Gasteiger partial charge in [0.25, 0.3) is 0 Å². The molecule has 0 radical (unpaired) electrons. The minimum Gasteiger partial charge on any atom is -0.385 e. The third kappa shape index (κ3) is 1.85. The van der Waals surface area contributed by atoms with Gasteiger partial charge in [0.15, 0.2) is 0 Å². The molecular weight excluding hydrogens is 234 g/mol. The van der Waals surface area contributed by atoms with Crippen molar-refractivity contribution in [3.63, 3.8) is 0 Å². The van der Waals surface area contributed by atoms with E-state index in [0.717, 1.165) is 37.4 Å². The maximum absolute atomic E-state index is 11.1. The Morgan fingerprint density at radius 3 is 2.53 bits per heavy atom. The zero-order valence-electron chi connectivity index (χ0n) is 11.5. The summed E-state index contributed by atoms with van der Waals surface area (Å²) in [5, 5.41) is 11.1. The molecule has 2 bridgehead atoms. The molecule has 0 spiro atoms. The smallest absolute Gasteiger partial charge is 0.0949 e. The number of aliphatic hydroxyl groups is 1. The number of nitrogens with zero attached hydrogens (tertiary/aromatic N) is 1. The third-order valence-electron chi connectivity index (χ3n) is 5.74. The van der Waals surface area contributed by atoms with Crippen LogP contribution in [0.1, 0.15) is 49.1 Å². The topological polar surface area (TPSA) is 23.5 Å². The zero-order chi connectivity index (χ0) is 12.9. The molecule has 1 aliphatic carbocycles. The van der Waals surface area contributed by atoms with Crippen molar-refractivity contribution >= 4 is 0 Å². The average Bonchev–Trinajstić information content (AvgIpc) is 2.78. The highest BCUT2D eigenvalue weighted by molar-refractivity contribution is 5.31. The van der Waals surface area contributed by atoms with Crippen LogP contribution in [0.2, 0.25) is 0 Å². The van der Waals surface area contributed by atoms with Crippen LogP contribution in [0.15, 0.2) is 24.3 Å². The van der Waals surface area contributed by atoms with Gasteiger partial charge >= 0.3 is 0 Å². The van der Waals surface area contributed by atoms with E-state index in [0.29, 0.717) is 5.92 Å². The maximum atomic E-state index is 11.1. The van der Waals surface area contributed by atoms with E-state index in [1.165, 1.54) is 31.4 Å². The number of fused-ring (bicyclic) bond motifs is 2. The molecule has 4 rings (SSSR count). The molecule has 3 fully saturated rings. The first-order valence-corrected chi connectivity index (χ1v) is 7.81. The number of hydrogen-bond donors (Lipinski definition) is 1. The van der Waals surface area contributed by atoms with Crippen LogP contribution >= 0.6 is 0 Å². The molecule has 2 saturated heterocycles. The highest BCUT2D eigenvalue weighted by Gasteiger charge is 2.45. The minimum atomic E-state index is -0.564. The van der Waals surface area contributed by atoms with Gasteiger partial charge in [0, 0.05) is 19.0 Å². The lowest BCUT2D eigenvalue weighted by atomic mass is 9.75. The number of rotatable bonds is 2. The molecule has 1 saturated carbocycles. The van der Waals surface area contributed by atoms with Gasteiger partial charge in [-0.25, -0.2) is 0 Å². The van der Waals surface area contributed by atoms with Crippen LogP contribution in [-0.2, 0) is 5.60 Å². The van der Waals surface area contributed by atoms with Crippen molar-refractivity contribution in [2.45, 2.75) is 43.6 Å². The summed E-state index contributed by atoms with van der Waals surface area (Å²) in [5.74, 6) is 1.23. The highest BCUT2D eigenvalue weighted by atomic mass is 16.3. The van der Waals surface area contributed by atoms with Gasteiger partial charge in [-0.05, 0) is 49.3 Å². The molecular formula is C17H23NO. The largest absolute Gasteiger partial charge is 0.385 e. The van der Waals surface area contributed by atoms with E-state index in [-0.39, 0.29) is 0 Å². The van der Waals surface area contributed by atoms with Crippen molar-refractivity contribution in [3.8, 4) is 0 Å². The summed E-state index contributed by atoms with van der Waals surface area (Å²) >= 11 is 0. The van der Waals surface area contributed by atoms with Crippen molar-refractivity contribution < 1.29 is 5.11 Å². The lowest BCUT2D eigenvalue weighted by Gasteiger charge is -2.39. The SMILES string of the molecule is OC1(c2ccc(C3CCC3)cc2)CCN2CCC1C2. The summed E-state index contributed by atoms with van der Waals surface area (Å²) < 4.78 is 0. The fourth-order valence-electron chi connectivity index (χ4n) is 4.12. The van der Waals surface area contributed by atoms with Crippen molar-refractivity contribution in [1.29, 1.82) is 0 Å². The first-order valence-electron chi connectivity index (χ1n) is 7.81. The summed E-state index contributed by atoms with van der Waals surface area (Å²) in [6, 6.07) is 8.92. The van der Waals surface area contributed by atoms with E-state index < -0.39 is 5.60 Å². The standard InChI is InChI=1S/C17H23NO/c19-17(9-11-18-10-8-16(17)12-18)15-6-4-14(5-7-15)13-2-1-3-13/h4-7,13,16,19H,1-3,8-12H2. The molecule has 2 aliphatic heterocycles. The van der Waals surface area contributed by atoms with Crippen LogP contribution in [0, 0.1) is 5.92 Å². The normalized spacial score (nSPS) is 38.2. The summed E-state index contributed by atoms with van der Waals surface area (Å²) in [6.45, 7) is 3.31. The van der Waals surface area contributed by atoms with Gasteiger partial charge in [-0.3, -0.25) is 0 Å². The van der Waals surface area contributed by atoms with Gasteiger partial charge in [0.05, 0.1) is 5.60 Å². The van der Waals surface area contributed by atoms with Crippen LogP contribution in [0.3, 0.4) is 0 Å². The van der Waals surface area contributed by atoms with Crippen LogP contribution < -0.4 is 0 Å².